The van der Waals surface area contributed by atoms with E-state index in [1.165, 1.54) is 42.5 Å². The Hall–Kier alpha value is -1.73. The van der Waals surface area contributed by atoms with Gasteiger partial charge in [-0.3, -0.25) is 4.79 Å². The summed E-state index contributed by atoms with van der Waals surface area (Å²) < 4.78 is 0. The lowest BCUT2D eigenvalue weighted by Gasteiger charge is -2.24. The summed E-state index contributed by atoms with van der Waals surface area (Å²) in [4.78, 5) is 23.8. The van der Waals surface area contributed by atoms with Crippen LogP contribution in [-0.2, 0) is 11.2 Å². The molecule has 1 amide bonds. The normalized spacial score (nSPS) is 20.0. The second-order valence-electron chi connectivity index (χ2n) is 7.69. The number of amides is 1. The molecule has 4 rings (SSSR count). The van der Waals surface area contributed by atoms with Crippen LogP contribution in [0.25, 0.3) is 10.2 Å². The number of thiophene rings is 1. The first kappa shape index (κ1) is 18.6. The molecule has 1 saturated carbocycles. The zero-order chi connectivity index (χ0) is 18.6. The van der Waals surface area contributed by atoms with Crippen LogP contribution >= 0.6 is 11.3 Å². The maximum absolute atomic E-state index is 12.3. The molecule has 6 nitrogen and oxygen atoms in total. The van der Waals surface area contributed by atoms with Gasteiger partial charge in [0.05, 0.1) is 5.39 Å². The largest absolute Gasteiger partial charge is 0.396 e. The SMILES string of the molecule is O=C(CC1CCc2sc3ncnc(NC4CCCCC4)c3c21)NCCCO. The van der Waals surface area contributed by atoms with Crippen LogP contribution in [0.5, 0.6) is 0 Å². The Bertz CT molecular complexity index is 801. The first-order chi connectivity index (χ1) is 13.3. The number of carbonyl (C=O) groups excluding carboxylic acids is 1. The maximum Gasteiger partial charge on any atom is 0.220 e. The lowest BCUT2D eigenvalue weighted by molar-refractivity contribution is -0.121. The van der Waals surface area contributed by atoms with Gasteiger partial charge >= 0.3 is 0 Å². The second-order valence-corrected chi connectivity index (χ2v) is 8.77. The van der Waals surface area contributed by atoms with Gasteiger partial charge in [0.15, 0.2) is 0 Å². The van der Waals surface area contributed by atoms with E-state index in [9.17, 15) is 4.79 Å². The molecule has 0 saturated heterocycles. The molecule has 0 radical (unpaired) electrons. The Morgan fingerprint density at radius 2 is 2.07 bits per heavy atom. The molecule has 1 atom stereocenters. The van der Waals surface area contributed by atoms with E-state index in [1.54, 1.807) is 17.7 Å². The highest BCUT2D eigenvalue weighted by Crippen LogP contribution is 2.46. The number of aromatic nitrogens is 2. The van der Waals surface area contributed by atoms with Gasteiger partial charge in [-0.2, -0.15) is 0 Å². The highest BCUT2D eigenvalue weighted by atomic mass is 32.1. The molecule has 0 aliphatic heterocycles. The molecule has 3 N–H and O–H groups in total. The summed E-state index contributed by atoms with van der Waals surface area (Å²) in [5.41, 5.74) is 1.30. The summed E-state index contributed by atoms with van der Waals surface area (Å²) >= 11 is 1.76. The number of anilines is 1. The Labute approximate surface area is 163 Å². The van der Waals surface area contributed by atoms with Gasteiger partial charge in [0.2, 0.25) is 5.91 Å². The molecule has 0 bridgehead atoms. The topological polar surface area (TPSA) is 87.1 Å². The Balaban J connectivity index is 1.56. The van der Waals surface area contributed by atoms with Crippen LogP contribution in [0, 0.1) is 0 Å². The van der Waals surface area contributed by atoms with Crippen molar-refractivity contribution in [2.45, 2.75) is 69.7 Å². The number of fused-ring (bicyclic) bond motifs is 3. The highest BCUT2D eigenvalue weighted by Gasteiger charge is 2.31. The van der Waals surface area contributed by atoms with Crippen molar-refractivity contribution in [2.75, 3.05) is 18.5 Å². The van der Waals surface area contributed by atoms with Crippen molar-refractivity contribution in [3.8, 4) is 0 Å². The zero-order valence-corrected chi connectivity index (χ0v) is 16.5. The number of hydrogen-bond acceptors (Lipinski definition) is 6. The number of nitrogens with one attached hydrogen (secondary N) is 2. The fraction of sp³-hybridized carbons (Fsp3) is 0.650. The van der Waals surface area contributed by atoms with Gasteiger partial charge in [0.1, 0.15) is 17.0 Å². The lowest BCUT2D eigenvalue weighted by Crippen LogP contribution is -2.26. The Kier molecular flexibility index (Phi) is 5.88. The van der Waals surface area contributed by atoms with Crippen molar-refractivity contribution < 1.29 is 9.90 Å². The molecule has 2 aliphatic rings. The van der Waals surface area contributed by atoms with Gasteiger partial charge in [-0.1, -0.05) is 19.3 Å². The van der Waals surface area contributed by atoms with Gasteiger partial charge in [0, 0.05) is 30.5 Å². The smallest absolute Gasteiger partial charge is 0.220 e. The van der Waals surface area contributed by atoms with Crippen LogP contribution in [0.3, 0.4) is 0 Å². The molecule has 1 fully saturated rings. The third kappa shape index (κ3) is 4.09. The summed E-state index contributed by atoms with van der Waals surface area (Å²) in [5, 5.41) is 16.6. The van der Waals surface area contributed by atoms with Crippen molar-refractivity contribution in [3.63, 3.8) is 0 Å². The van der Waals surface area contributed by atoms with Crippen molar-refractivity contribution in [1.82, 2.24) is 15.3 Å². The standard InChI is InChI=1S/C20H28N4O2S/c25-10-4-9-21-16(26)11-13-7-8-15-17(13)18-19(22-12-23-20(18)27-15)24-14-5-2-1-3-6-14/h12-14,25H,1-11H2,(H,21,26)(H,22,23,24). The van der Waals surface area contributed by atoms with Gasteiger partial charge in [-0.25, -0.2) is 9.97 Å². The maximum atomic E-state index is 12.3. The van der Waals surface area contributed by atoms with E-state index in [4.69, 9.17) is 5.11 Å². The average molecular weight is 389 g/mol. The predicted molar refractivity (Wildman–Crippen MR) is 108 cm³/mol. The quantitative estimate of drug-likeness (QED) is 0.633. The Morgan fingerprint density at radius 3 is 2.89 bits per heavy atom. The molecule has 2 aromatic rings. The van der Waals surface area contributed by atoms with Crippen LogP contribution in [-0.4, -0.2) is 40.2 Å². The number of aliphatic hydroxyl groups is 1. The van der Waals surface area contributed by atoms with Crippen LogP contribution in [0.4, 0.5) is 5.82 Å². The summed E-state index contributed by atoms with van der Waals surface area (Å²) in [6.07, 6.45) is 11.1. The first-order valence-electron chi connectivity index (χ1n) is 10.2. The monoisotopic (exact) mass is 388 g/mol. The molecular weight excluding hydrogens is 360 g/mol. The van der Waals surface area contributed by atoms with E-state index in [-0.39, 0.29) is 18.4 Å². The Morgan fingerprint density at radius 1 is 1.22 bits per heavy atom. The number of hydrogen-bond donors (Lipinski definition) is 3. The van der Waals surface area contributed by atoms with Crippen molar-refractivity contribution in [2.24, 2.45) is 0 Å². The molecule has 2 aromatic heterocycles. The highest BCUT2D eigenvalue weighted by molar-refractivity contribution is 7.19. The minimum absolute atomic E-state index is 0.0688. The minimum atomic E-state index is 0.0688. The van der Waals surface area contributed by atoms with E-state index in [0.717, 1.165) is 28.9 Å². The van der Waals surface area contributed by atoms with Crippen LogP contribution in [0.1, 0.15) is 67.7 Å². The van der Waals surface area contributed by atoms with E-state index >= 15 is 0 Å². The number of carbonyl (C=O) groups is 1. The van der Waals surface area contributed by atoms with E-state index in [0.29, 0.717) is 25.4 Å². The molecule has 0 spiro atoms. The van der Waals surface area contributed by atoms with Crippen LogP contribution in [0.2, 0.25) is 0 Å². The third-order valence-electron chi connectivity index (χ3n) is 5.77. The van der Waals surface area contributed by atoms with E-state index in [2.05, 4.69) is 20.6 Å². The molecule has 146 valence electrons. The van der Waals surface area contributed by atoms with Crippen molar-refractivity contribution >= 4 is 33.3 Å². The predicted octanol–water partition coefficient (Wildman–Crippen LogP) is 3.35. The molecule has 27 heavy (non-hydrogen) atoms. The van der Waals surface area contributed by atoms with Crippen molar-refractivity contribution in [1.29, 1.82) is 0 Å². The lowest BCUT2D eigenvalue weighted by atomic mass is 9.94. The molecule has 2 aliphatic carbocycles. The number of aliphatic hydroxyl groups excluding tert-OH is 1. The van der Waals surface area contributed by atoms with E-state index in [1.807, 2.05) is 0 Å². The number of aryl methyl sites for hydroxylation is 1. The summed E-state index contributed by atoms with van der Waals surface area (Å²) in [5.74, 6) is 1.26. The molecular formula is C20H28N4O2S. The van der Waals surface area contributed by atoms with Gasteiger partial charge in [-0.05, 0) is 43.6 Å². The van der Waals surface area contributed by atoms with Gasteiger partial charge in [0.25, 0.3) is 0 Å². The van der Waals surface area contributed by atoms with E-state index < -0.39 is 0 Å². The molecule has 2 heterocycles. The van der Waals surface area contributed by atoms with Gasteiger partial charge in [-0.15, -0.1) is 11.3 Å². The molecule has 0 aromatic carbocycles. The van der Waals surface area contributed by atoms with Crippen LogP contribution < -0.4 is 10.6 Å². The summed E-state index contributed by atoms with van der Waals surface area (Å²) in [6, 6.07) is 0.494. The number of nitrogens with zero attached hydrogens (tertiary/aromatic N) is 2. The molecule has 1 unspecified atom stereocenters. The van der Waals surface area contributed by atoms with Crippen LogP contribution in [0.15, 0.2) is 6.33 Å². The fourth-order valence-electron chi connectivity index (χ4n) is 4.42. The summed E-state index contributed by atoms with van der Waals surface area (Å²) in [7, 11) is 0. The molecule has 7 heteroatoms. The second kappa shape index (κ2) is 8.52. The third-order valence-corrected chi connectivity index (χ3v) is 6.94. The minimum Gasteiger partial charge on any atom is -0.396 e. The van der Waals surface area contributed by atoms with Gasteiger partial charge < -0.3 is 15.7 Å². The average Bonchev–Trinajstić information content (AvgIpc) is 3.23. The van der Waals surface area contributed by atoms with Crippen molar-refractivity contribution in [3.05, 3.63) is 16.8 Å². The first-order valence-corrected chi connectivity index (χ1v) is 11.0. The fourth-order valence-corrected chi connectivity index (χ4v) is 5.67. The number of rotatable bonds is 7. The summed E-state index contributed by atoms with van der Waals surface area (Å²) in [6.45, 7) is 0.646. The zero-order valence-electron chi connectivity index (χ0n) is 15.7.